The summed E-state index contributed by atoms with van der Waals surface area (Å²) in [5.74, 6) is 2.13. The second-order valence-electron chi connectivity index (χ2n) is 7.33. The Hall–Kier alpha value is -1.64. The number of methoxy groups -OCH3 is 1. The maximum atomic E-state index is 12.9. The lowest BCUT2D eigenvalue weighted by Crippen LogP contribution is -2.30. The summed E-state index contributed by atoms with van der Waals surface area (Å²) in [7, 11) is 1.64. The van der Waals surface area contributed by atoms with Crippen LogP contribution in [0.5, 0.6) is 0 Å². The van der Waals surface area contributed by atoms with Crippen LogP contribution in [0.1, 0.15) is 46.0 Å². The first-order valence-electron chi connectivity index (χ1n) is 10.7. The fourth-order valence-corrected chi connectivity index (χ4v) is 3.01. The third kappa shape index (κ3) is 10.9. The molecule has 0 aromatic carbocycles. The Bertz CT molecular complexity index is 546. The second-order valence-corrected chi connectivity index (χ2v) is 7.33. The van der Waals surface area contributed by atoms with Gasteiger partial charge in [0.25, 0.3) is 0 Å². The van der Waals surface area contributed by atoms with Crippen LogP contribution >= 0.6 is 0 Å². The Kier molecular flexibility index (Phi) is 14.2. The molecule has 1 aliphatic rings. The van der Waals surface area contributed by atoms with E-state index in [-0.39, 0.29) is 0 Å². The van der Waals surface area contributed by atoms with Gasteiger partial charge in [0.15, 0.2) is 5.76 Å². The van der Waals surface area contributed by atoms with Crippen LogP contribution in [-0.4, -0.2) is 71.7 Å². The summed E-state index contributed by atoms with van der Waals surface area (Å²) < 4.78 is 41.0. The van der Waals surface area contributed by atoms with Crippen molar-refractivity contribution in [1.29, 1.82) is 0 Å². The van der Waals surface area contributed by atoms with Crippen molar-refractivity contribution in [2.75, 3.05) is 60.0 Å². The topological polar surface area (TPSA) is 84.5 Å². The average Bonchev–Trinajstić information content (AvgIpc) is 2.75. The summed E-state index contributed by atoms with van der Waals surface area (Å²) in [6.07, 6.45) is 6.99. The van der Waals surface area contributed by atoms with Crippen molar-refractivity contribution in [2.24, 2.45) is 10.7 Å². The van der Waals surface area contributed by atoms with Crippen LogP contribution in [0.3, 0.4) is 0 Å². The molecule has 1 rings (SSSR count). The molecule has 0 spiro atoms. The Morgan fingerprint density at radius 1 is 1.23 bits per heavy atom. The van der Waals surface area contributed by atoms with Crippen LogP contribution < -0.4 is 5.73 Å². The highest BCUT2D eigenvalue weighted by Gasteiger charge is 2.26. The molecule has 0 aliphatic carbocycles. The number of nitrogens with two attached hydrogens (primary N) is 1. The summed E-state index contributed by atoms with van der Waals surface area (Å²) in [5, 5.41) is 0. The van der Waals surface area contributed by atoms with E-state index in [2.05, 4.69) is 4.99 Å². The monoisotopic (exact) mass is 430 g/mol. The van der Waals surface area contributed by atoms with Crippen LogP contribution in [0.15, 0.2) is 28.3 Å². The Labute approximate surface area is 180 Å². The summed E-state index contributed by atoms with van der Waals surface area (Å²) in [4.78, 5) is 4.63. The normalized spacial score (nSPS) is 18.8. The zero-order valence-electron chi connectivity index (χ0n) is 18.8. The van der Waals surface area contributed by atoms with E-state index in [0.29, 0.717) is 71.2 Å². The molecule has 1 atom stereocenters. The number of allylic oxidation sites excluding steroid dienone is 3. The highest BCUT2D eigenvalue weighted by atomic mass is 19.1. The summed E-state index contributed by atoms with van der Waals surface area (Å²) in [6.45, 7) is 6.74. The number of aliphatic imine (C=N–C) groups is 1. The van der Waals surface area contributed by atoms with Crippen LogP contribution in [0.2, 0.25) is 0 Å². The van der Waals surface area contributed by atoms with Crippen molar-refractivity contribution >= 4 is 6.21 Å². The molecule has 0 saturated carbocycles. The van der Waals surface area contributed by atoms with Gasteiger partial charge in [0.05, 0.1) is 24.5 Å². The molecule has 0 radical (unpaired) electrons. The fourth-order valence-electron chi connectivity index (χ4n) is 3.01. The van der Waals surface area contributed by atoms with Crippen molar-refractivity contribution in [3.63, 3.8) is 0 Å². The zero-order valence-corrected chi connectivity index (χ0v) is 18.8. The van der Waals surface area contributed by atoms with Crippen molar-refractivity contribution in [3.8, 4) is 0 Å². The van der Waals surface area contributed by atoms with E-state index >= 15 is 0 Å². The van der Waals surface area contributed by atoms with E-state index in [9.17, 15) is 4.39 Å². The lowest BCUT2D eigenvalue weighted by atomic mass is 9.96. The van der Waals surface area contributed by atoms with Crippen LogP contribution in [0.25, 0.3) is 0 Å². The summed E-state index contributed by atoms with van der Waals surface area (Å²) >= 11 is 0. The highest BCUT2D eigenvalue weighted by Crippen LogP contribution is 2.26. The van der Waals surface area contributed by atoms with E-state index < -0.39 is 12.2 Å². The molecule has 30 heavy (non-hydrogen) atoms. The van der Waals surface area contributed by atoms with E-state index in [1.807, 2.05) is 13.8 Å². The predicted molar refractivity (Wildman–Crippen MR) is 116 cm³/mol. The maximum Gasteiger partial charge on any atom is 0.159 e. The van der Waals surface area contributed by atoms with Gasteiger partial charge in [-0.3, -0.25) is 4.99 Å². The van der Waals surface area contributed by atoms with Crippen LogP contribution in [-0.2, 0) is 23.7 Å². The number of alkyl halides is 1. The molecule has 1 saturated heterocycles. The minimum absolute atomic E-state index is 0.351. The van der Waals surface area contributed by atoms with Crippen LogP contribution in [0, 0.1) is 0 Å². The summed E-state index contributed by atoms with van der Waals surface area (Å²) in [5.41, 5.74) is 5.07. The van der Waals surface area contributed by atoms with Crippen molar-refractivity contribution < 1.29 is 28.1 Å². The van der Waals surface area contributed by atoms with Crippen molar-refractivity contribution in [2.45, 2.75) is 51.5 Å². The predicted octanol–water partition coefficient (Wildman–Crippen LogP) is 3.54. The molecule has 174 valence electrons. The Balaban J connectivity index is 2.76. The highest BCUT2D eigenvalue weighted by molar-refractivity contribution is 5.54. The number of halogens is 1. The molecular formula is C22H39FN2O5. The third-order valence-electron chi connectivity index (χ3n) is 4.69. The van der Waals surface area contributed by atoms with E-state index in [4.69, 9.17) is 29.4 Å². The van der Waals surface area contributed by atoms with Gasteiger partial charge in [0, 0.05) is 20.0 Å². The molecular weight excluding hydrogens is 391 g/mol. The van der Waals surface area contributed by atoms with Gasteiger partial charge in [0.1, 0.15) is 38.9 Å². The van der Waals surface area contributed by atoms with Gasteiger partial charge in [-0.15, -0.1) is 0 Å². The number of hydrogen-bond acceptors (Lipinski definition) is 7. The molecule has 1 fully saturated rings. The van der Waals surface area contributed by atoms with Crippen molar-refractivity contribution in [1.82, 2.24) is 0 Å². The van der Waals surface area contributed by atoms with Gasteiger partial charge in [-0.1, -0.05) is 0 Å². The van der Waals surface area contributed by atoms with Gasteiger partial charge >= 0.3 is 0 Å². The zero-order chi connectivity index (χ0) is 22.1. The lowest BCUT2D eigenvalue weighted by Gasteiger charge is -2.28. The summed E-state index contributed by atoms with van der Waals surface area (Å²) in [6, 6.07) is 0. The largest absolute Gasteiger partial charge is 0.496 e. The smallest absolute Gasteiger partial charge is 0.159 e. The van der Waals surface area contributed by atoms with Gasteiger partial charge in [0.2, 0.25) is 0 Å². The molecule has 0 amide bonds. The molecule has 1 unspecified atom stereocenters. The van der Waals surface area contributed by atoms with Crippen LogP contribution in [0.4, 0.5) is 4.39 Å². The fraction of sp³-hybridized carbons (Fsp3) is 0.773. The standard InChI is InChI=1S/C22H39FN2O5/c1-4-25-22(2,18-30-19(9-11-23)7-5-6-12-24)10-8-20(28-15-13-26-3)21-17-27-14-16-29-21/h4,9H,5-8,10-18,24H2,1-3H3/b19-9+,21-20-,25-4?. The van der Waals surface area contributed by atoms with Crippen molar-refractivity contribution in [3.05, 3.63) is 23.4 Å². The average molecular weight is 431 g/mol. The van der Waals surface area contributed by atoms with Gasteiger partial charge in [-0.25, -0.2) is 4.39 Å². The molecule has 8 heteroatoms. The van der Waals surface area contributed by atoms with Gasteiger partial charge in [-0.05, 0) is 51.9 Å². The van der Waals surface area contributed by atoms with Gasteiger partial charge < -0.3 is 29.4 Å². The number of nitrogens with zero attached hydrogens (tertiary/aromatic N) is 1. The second kappa shape index (κ2) is 16.1. The lowest BCUT2D eigenvalue weighted by molar-refractivity contribution is -0.00165. The molecule has 0 aromatic heterocycles. The van der Waals surface area contributed by atoms with E-state index in [1.165, 1.54) is 6.08 Å². The molecule has 1 heterocycles. The maximum absolute atomic E-state index is 12.9. The third-order valence-corrected chi connectivity index (χ3v) is 4.69. The minimum Gasteiger partial charge on any atom is -0.496 e. The molecule has 2 N–H and O–H groups in total. The van der Waals surface area contributed by atoms with E-state index in [1.54, 1.807) is 13.3 Å². The first-order valence-corrected chi connectivity index (χ1v) is 10.7. The van der Waals surface area contributed by atoms with E-state index in [0.717, 1.165) is 24.4 Å². The molecule has 1 aliphatic heterocycles. The quantitative estimate of drug-likeness (QED) is 0.229. The number of hydrogen-bond donors (Lipinski definition) is 1. The number of unbranched alkanes of at least 4 members (excludes halogenated alkanes) is 1. The first-order chi connectivity index (χ1) is 14.6. The Morgan fingerprint density at radius 2 is 2.07 bits per heavy atom. The SMILES string of the molecule is CC=NC(C)(CC/C(OCCOC)=C1\COCCO1)CO/C(=C/CF)CCCCN. The molecule has 0 aromatic rings. The number of ether oxygens (including phenoxy) is 5. The first kappa shape index (κ1) is 26.4. The minimum atomic E-state index is -0.549. The molecule has 0 bridgehead atoms. The number of rotatable bonds is 16. The van der Waals surface area contributed by atoms with Gasteiger partial charge in [-0.2, -0.15) is 0 Å². The Morgan fingerprint density at radius 3 is 2.70 bits per heavy atom. The molecule has 7 nitrogen and oxygen atoms in total.